The van der Waals surface area contributed by atoms with Crippen LogP contribution in [0.5, 0.6) is 5.75 Å². The number of phenolic OH excluding ortho intramolecular Hbond substituents is 1. The number of nitrogens with zero attached hydrogens (tertiary/aromatic N) is 1. The lowest BCUT2D eigenvalue weighted by molar-refractivity contribution is 0.102. The van der Waals surface area contributed by atoms with Crippen molar-refractivity contribution in [2.75, 3.05) is 11.1 Å². The number of phenols is 1. The molecule has 4 nitrogen and oxygen atoms in total. The van der Waals surface area contributed by atoms with Gasteiger partial charge < -0.3 is 10.4 Å². The summed E-state index contributed by atoms with van der Waals surface area (Å²) in [6.45, 7) is 2.09. The molecule has 0 unspecified atom stereocenters. The molecule has 24 heavy (non-hydrogen) atoms. The van der Waals surface area contributed by atoms with Crippen LogP contribution in [0.3, 0.4) is 0 Å². The Balaban J connectivity index is 1.88. The lowest BCUT2D eigenvalue weighted by Crippen LogP contribution is -2.12. The van der Waals surface area contributed by atoms with Crippen molar-refractivity contribution in [3.05, 3.63) is 44.8 Å². The number of anilines is 1. The highest BCUT2D eigenvalue weighted by atomic mass is 79.9. The first-order valence-corrected chi connectivity index (χ1v) is 10.4. The van der Waals surface area contributed by atoms with E-state index in [1.54, 1.807) is 35.2 Å². The van der Waals surface area contributed by atoms with E-state index in [0.717, 1.165) is 20.3 Å². The van der Waals surface area contributed by atoms with Gasteiger partial charge in [0, 0.05) is 10.2 Å². The number of rotatable bonds is 4. The van der Waals surface area contributed by atoms with Gasteiger partial charge in [-0.25, -0.2) is 4.98 Å². The van der Waals surface area contributed by atoms with Crippen molar-refractivity contribution in [3.63, 3.8) is 0 Å². The van der Waals surface area contributed by atoms with Gasteiger partial charge in [0.15, 0.2) is 4.34 Å². The topological polar surface area (TPSA) is 62.2 Å². The summed E-state index contributed by atoms with van der Waals surface area (Å²) in [5, 5.41) is 12.9. The number of thioether (sulfide) groups is 1. The fraction of sp³-hybridized carbons (Fsp3) is 0.125. The highest BCUT2D eigenvalue weighted by Gasteiger charge is 2.15. The van der Waals surface area contributed by atoms with Crippen LogP contribution in [0, 0.1) is 0 Å². The third-order valence-electron chi connectivity index (χ3n) is 3.17. The zero-order valence-electron chi connectivity index (χ0n) is 12.5. The second-order valence-corrected chi connectivity index (χ2v) is 9.14. The number of halogens is 2. The zero-order valence-corrected chi connectivity index (χ0v) is 17.3. The number of carbonyl (C=O) groups excluding carboxylic acids is 1. The summed E-state index contributed by atoms with van der Waals surface area (Å²) in [4.78, 5) is 17.0. The molecule has 0 aliphatic rings. The SMILES string of the molecule is CCSc1nc2ccc(NC(=O)c3cc(Br)cc(Br)c3O)cc2s1. The molecule has 0 spiro atoms. The van der Waals surface area contributed by atoms with E-state index < -0.39 is 0 Å². The fourth-order valence-corrected chi connectivity index (χ4v) is 5.33. The van der Waals surface area contributed by atoms with Crippen molar-refractivity contribution < 1.29 is 9.90 Å². The van der Waals surface area contributed by atoms with Gasteiger partial charge in [-0.2, -0.15) is 0 Å². The Morgan fingerprint density at radius 2 is 2.12 bits per heavy atom. The predicted octanol–water partition coefficient (Wildman–Crippen LogP) is 5.89. The molecule has 3 rings (SSSR count). The van der Waals surface area contributed by atoms with Gasteiger partial charge in [-0.1, -0.05) is 34.6 Å². The van der Waals surface area contributed by atoms with Crippen molar-refractivity contribution in [1.29, 1.82) is 0 Å². The summed E-state index contributed by atoms with van der Waals surface area (Å²) in [7, 11) is 0. The first kappa shape index (κ1) is 17.7. The Morgan fingerprint density at radius 1 is 1.33 bits per heavy atom. The maximum Gasteiger partial charge on any atom is 0.259 e. The zero-order chi connectivity index (χ0) is 17.3. The third-order valence-corrected chi connectivity index (χ3v) is 6.27. The first-order chi connectivity index (χ1) is 11.5. The number of amides is 1. The molecule has 0 saturated carbocycles. The lowest BCUT2D eigenvalue weighted by Gasteiger charge is -2.09. The molecule has 3 aromatic rings. The van der Waals surface area contributed by atoms with Gasteiger partial charge in [0.2, 0.25) is 0 Å². The number of thiazole rings is 1. The molecule has 0 aliphatic carbocycles. The molecule has 2 aromatic carbocycles. The van der Waals surface area contributed by atoms with Crippen molar-refractivity contribution in [2.24, 2.45) is 0 Å². The maximum absolute atomic E-state index is 12.5. The van der Waals surface area contributed by atoms with Crippen molar-refractivity contribution >= 4 is 76.8 Å². The number of aromatic hydroxyl groups is 1. The molecule has 0 saturated heterocycles. The van der Waals surface area contributed by atoms with Crippen molar-refractivity contribution in [3.8, 4) is 5.75 Å². The van der Waals surface area contributed by atoms with Gasteiger partial charge >= 0.3 is 0 Å². The maximum atomic E-state index is 12.5. The average Bonchev–Trinajstić information content (AvgIpc) is 2.92. The summed E-state index contributed by atoms with van der Waals surface area (Å²) in [6.07, 6.45) is 0. The minimum atomic E-state index is -0.374. The Morgan fingerprint density at radius 3 is 2.88 bits per heavy atom. The van der Waals surface area contributed by atoms with Crippen LogP contribution in [0.1, 0.15) is 17.3 Å². The standard InChI is InChI=1S/C16H12Br2N2O2S2/c1-2-23-16-20-12-4-3-9(7-13(12)24-16)19-15(22)10-5-8(17)6-11(18)14(10)21/h3-7,21H,2H2,1H3,(H,19,22). The number of benzene rings is 2. The summed E-state index contributed by atoms with van der Waals surface area (Å²) in [5.74, 6) is 0.512. The molecule has 0 aliphatic heterocycles. The van der Waals surface area contributed by atoms with Gasteiger partial charge in [0.05, 0.1) is 20.3 Å². The number of hydrogen-bond acceptors (Lipinski definition) is 5. The van der Waals surface area contributed by atoms with Crippen LogP contribution in [0.4, 0.5) is 5.69 Å². The minimum absolute atomic E-state index is 0.0869. The van der Waals surface area contributed by atoms with Crippen molar-refractivity contribution in [1.82, 2.24) is 4.98 Å². The van der Waals surface area contributed by atoms with E-state index in [-0.39, 0.29) is 17.2 Å². The Kier molecular flexibility index (Phi) is 5.49. The molecule has 0 radical (unpaired) electrons. The number of carbonyl (C=O) groups is 1. The van der Waals surface area contributed by atoms with E-state index in [1.807, 2.05) is 18.2 Å². The summed E-state index contributed by atoms with van der Waals surface area (Å²) < 4.78 is 3.20. The second-order valence-electron chi connectivity index (χ2n) is 4.83. The third kappa shape index (κ3) is 3.77. The number of hydrogen-bond donors (Lipinski definition) is 2. The van der Waals surface area contributed by atoms with E-state index in [1.165, 1.54) is 0 Å². The summed E-state index contributed by atoms with van der Waals surface area (Å²) in [5.41, 5.74) is 1.78. The normalized spacial score (nSPS) is 11.0. The van der Waals surface area contributed by atoms with Gasteiger partial charge in [-0.05, 0) is 52.0 Å². The molecule has 1 amide bonds. The summed E-state index contributed by atoms with van der Waals surface area (Å²) in [6, 6.07) is 8.86. The monoisotopic (exact) mass is 486 g/mol. The van der Waals surface area contributed by atoms with Crippen LogP contribution in [-0.2, 0) is 0 Å². The molecule has 8 heteroatoms. The van der Waals surface area contributed by atoms with Gasteiger partial charge in [-0.3, -0.25) is 4.79 Å². The number of fused-ring (bicyclic) bond motifs is 1. The largest absolute Gasteiger partial charge is 0.506 e. The quantitative estimate of drug-likeness (QED) is 0.450. The smallest absolute Gasteiger partial charge is 0.259 e. The van der Waals surface area contributed by atoms with Gasteiger partial charge in [0.1, 0.15) is 5.75 Å². The van der Waals surface area contributed by atoms with Crippen molar-refractivity contribution in [2.45, 2.75) is 11.3 Å². The number of aromatic nitrogens is 1. The van der Waals surface area contributed by atoms with Crippen LogP contribution in [0.15, 0.2) is 43.6 Å². The molecule has 1 aromatic heterocycles. The predicted molar refractivity (Wildman–Crippen MR) is 107 cm³/mol. The highest BCUT2D eigenvalue weighted by Crippen LogP contribution is 2.33. The van der Waals surface area contributed by atoms with E-state index in [9.17, 15) is 9.90 Å². The number of nitrogens with one attached hydrogen (secondary N) is 1. The molecule has 0 bridgehead atoms. The van der Waals surface area contributed by atoms with Crippen LogP contribution in [-0.4, -0.2) is 21.8 Å². The highest BCUT2D eigenvalue weighted by molar-refractivity contribution is 9.11. The van der Waals surface area contributed by atoms with Crippen LogP contribution < -0.4 is 5.32 Å². The van der Waals surface area contributed by atoms with Gasteiger partial charge in [-0.15, -0.1) is 11.3 Å². The van der Waals surface area contributed by atoms with Crippen LogP contribution in [0.25, 0.3) is 10.2 Å². The Labute approximate surface area is 163 Å². The van der Waals surface area contributed by atoms with E-state index >= 15 is 0 Å². The average molecular weight is 488 g/mol. The molecular formula is C16H12Br2N2O2S2. The molecule has 0 atom stereocenters. The lowest BCUT2D eigenvalue weighted by atomic mass is 10.2. The van der Waals surface area contributed by atoms with E-state index in [2.05, 4.69) is 49.1 Å². The summed E-state index contributed by atoms with van der Waals surface area (Å²) >= 11 is 9.86. The Hall–Kier alpha value is -1.09. The van der Waals surface area contributed by atoms with E-state index in [0.29, 0.717) is 14.6 Å². The minimum Gasteiger partial charge on any atom is -0.506 e. The molecule has 2 N–H and O–H groups in total. The van der Waals surface area contributed by atoms with Crippen LogP contribution >= 0.6 is 55.0 Å². The second kappa shape index (κ2) is 7.43. The molecular weight excluding hydrogens is 476 g/mol. The molecule has 1 heterocycles. The van der Waals surface area contributed by atoms with E-state index in [4.69, 9.17) is 0 Å². The molecule has 124 valence electrons. The van der Waals surface area contributed by atoms with Crippen LogP contribution in [0.2, 0.25) is 0 Å². The molecule has 0 fully saturated rings. The van der Waals surface area contributed by atoms with Gasteiger partial charge in [0.25, 0.3) is 5.91 Å². The Bertz CT molecular complexity index is 928. The first-order valence-electron chi connectivity index (χ1n) is 7.00. The fourth-order valence-electron chi connectivity index (χ4n) is 2.10.